The molecule has 0 aromatic heterocycles. The Labute approximate surface area is 128 Å². The van der Waals surface area contributed by atoms with Gasteiger partial charge in [0.25, 0.3) is 0 Å². The zero-order valence-corrected chi connectivity index (χ0v) is 12.6. The highest BCUT2D eigenvalue weighted by atomic mass is 127. The minimum Gasteiger partial charge on any atom is -0.389 e. The SMILES string of the molecule is NC(=S)c1cc(F)ccc1Nc1ccc(F)cc1I. The van der Waals surface area contributed by atoms with Crippen molar-refractivity contribution in [3.8, 4) is 0 Å². The van der Waals surface area contributed by atoms with E-state index in [1.165, 1.54) is 24.3 Å². The number of nitrogens with two attached hydrogens (primary N) is 1. The summed E-state index contributed by atoms with van der Waals surface area (Å²) in [5.41, 5.74) is 7.26. The van der Waals surface area contributed by atoms with E-state index in [0.717, 1.165) is 0 Å². The summed E-state index contributed by atoms with van der Waals surface area (Å²) in [7, 11) is 0. The molecule has 0 aliphatic carbocycles. The van der Waals surface area contributed by atoms with Crippen molar-refractivity contribution in [3.63, 3.8) is 0 Å². The second-order valence-corrected chi connectivity index (χ2v) is 5.41. The number of anilines is 2. The van der Waals surface area contributed by atoms with E-state index in [9.17, 15) is 8.78 Å². The Morgan fingerprint density at radius 1 is 1.05 bits per heavy atom. The van der Waals surface area contributed by atoms with Crippen molar-refractivity contribution in [2.24, 2.45) is 5.73 Å². The predicted octanol–water partition coefficient (Wildman–Crippen LogP) is 3.95. The highest BCUT2D eigenvalue weighted by Gasteiger charge is 2.09. The number of benzene rings is 2. The molecule has 3 N–H and O–H groups in total. The summed E-state index contributed by atoms with van der Waals surface area (Å²) in [6.07, 6.45) is 0. The summed E-state index contributed by atoms with van der Waals surface area (Å²) in [6.45, 7) is 0. The van der Waals surface area contributed by atoms with Crippen molar-refractivity contribution in [2.75, 3.05) is 5.32 Å². The number of rotatable bonds is 3. The Morgan fingerprint density at radius 3 is 2.21 bits per heavy atom. The molecule has 0 radical (unpaired) electrons. The highest BCUT2D eigenvalue weighted by molar-refractivity contribution is 14.1. The van der Waals surface area contributed by atoms with Crippen LogP contribution in [0.1, 0.15) is 5.56 Å². The van der Waals surface area contributed by atoms with E-state index < -0.39 is 5.82 Å². The molecule has 98 valence electrons. The van der Waals surface area contributed by atoms with Crippen molar-refractivity contribution < 1.29 is 8.78 Å². The molecule has 2 aromatic carbocycles. The van der Waals surface area contributed by atoms with Gasteiger partial charge in [-0.05, 0) is 59.0 Å². The van der Waals surface area contributed by atoms with Crippen molar-refractivity contribution in [2.45, 2.75) is 0 Å². The summed E-state index contributed by atoms with van der Waals surface area (Å²) in [5, 5.41) is 3.07. The topological polar surface area (TPSA) is 38.0 Å². The fourth-order valence-electron chi connectivity index (χ4n) is 1.57. The summed E-state index contributed by atoms with van der Waals surface area (Å²) >= 11 is 6.90. The molecule has 0 heterocycles. The molecule has 0 spiro atoms. The van der Waals surface area contributed by atoms with Crippen molar-refractivity contribution >= 4 is 51.2 Å². The van der Waals surface area contributed by atoms with Gasteiger partial charge in [-0.15, -0.1) is 0 Å². The molecule has 0 fully saturated rings. The molecular weight excluding hydrogens is 381 g/mol. The first-order chi connectivity index (χ1) is 8.97. The normalized spacial score (nSPS) is 10.3. The third-order valence-electron chi connectivity index (χ3n) is 2.45. The molecule has 0 aliphatic rings. The lowest BCUT2D eigenvalue weighted by Crippen LogP contribution is -2.12. The third-order valence-corrected chi connectivity index (χ3v) is 3.56. The van der Waals surface area contributed by atoms with Gasteiger partial charge in [0.05, 0.1) is 5.69 Å². The molecule has 0 bridgehead atoms. The van der Waals surface area contributed by atoms with Crippen LogP contribution in [0.25, 0.3) is 0 Å². The van der Waals surface area contributed by atoms with E-state index >= 15 is 0 Å². The monoisotopic (exact) mass is 390 g/mol. The summed E-state index contributed by atoms with van der Waals surface area (Å²) in [6, 6.07) is 8.45. The zero-order valence-electron chi connectivity index (χ0n) is 9.58. The number of hydrogen-bond acceptors (Lipinski definition) is 2. The van der Waals surface area contributed by atoms with Crippen LogP contribution in [-0.4, -0.2) is 4.99 Å². The van der Waals surface area contributed by atoms with E-state index in [1.54, 1.807) is 12.1 Å². The molecule has 0 saturated carbocycles. The fraction of sp³-hybridized carbons (Fsp3) is 0. The Balaban J connectivity index is 2.40. The minimum atomic E-state index is -0.415. The second-order valence-electron chi connectivity index (χ2n) is 3.80. The lowest BCUT2D eigenvalue weighted by atomic mass is 10.1. The molecule has 0 unspecified atom stereocenters. The van der Waals surface area contributed by atoms with Crippen LogP contribution in [0.15, 0.2) is 36.4 Å². The quantitative estimate of drug-likeness (QED) is 0.616. The van der Waals surface area contributed by atoms with Gasteiger partial charge in [0.2, 0.25) is 0 Å². The number of nitrogens with one attached hydrogen (secondary N) is 1. The minimum absolute atomic E-state index is 0.0964. The second kappa shape index (κ2) is 5.79. The molecule has 0 aliphatic heterocycles. The Hall–Kier alpha value is -1.28. The summed E-state index contributed by atoms with van der Waals surface area (Å²) in [5.74, 6) is -0.731. The lowest BCUT2D eigenvalue weighted by Gasteiger charge is -2.12. The van der Waals surface area contributed by atoms with E-state index in [-0.39, 0.29) is 10.8 Å². The van der Waals surface area contributed by atoms with Crippen molar-refractivity contribution in [1.29, 1.82) is 0 Å². The van der Waals surface area contributed by atoms with Gasteiger partial charge in [0, 0.05) is 14.8 Å². The number of halogens is 3. The Bertz CT molecular complexity index is 647. The first-order valence-electron chi connectivity index (χ1n) is 5.29. The van der Waals surface area contributed by atoms with E-state index in [0.29, 0.717) is 20.5 Å². The molecule has 0 atom stereocenters. The maximum absolute atomic E-state index is 13.2. The Morgan fingerprint density at radius 2 is 1.63 bits per heavy atom. The molecule has 2 aromatic rings. The standard InChI is InChI=1S/C13H9F2IN2S/c14-7-1-3-11(9(5-7)13(17)19)18-12-4-2-8(15)6-10(12)16/h1-6,18H,(H2,17,19). The largest absolute Gasteiger partial charge is 0.389 e. The van der Waals surface area contributed by atoms with Crippen LogP contribution in [0.2, 0.25) is 0 Å². The van der Waals surface area contributed by atoms with Gasteiger partial charge in [-0.3, -0.25) is 0 Å². The average molecular weight is 390 g/mol. The predicted molar refractivity (Wildman–Crippen MR) is 84.7 cm³/mol. The van der Waals surface area contributed by atoms with Gasteiger partial charge in [0.15, 0.2) is 0 Å². The van der Waals surface area contributed by atoms with E-state index in [4.69, 9.17) is 18.0 Å². The van der Waals surface area contributed by atoms with Crippen molar-refractivity contribution in [1.82, 2.24) is 0 Å². The van der Waals surface area contributed by atoms with Crippen LogP contribution >= 0.6 is 34.8 Å². The van der Waals surface area contributed by atoms with Crippen LogP contribution < -0.4 is 11.1 Å². The van der Waals surface area contributed by atoms with Crippen LogP contribution in [0.5, 0.6) is 0 Å². The summed E-state index contributed by atoms with van der Waals surface area (Å²) < 4.78 is 26.9. The first-order valence-corrected chi connectivity index (χ1v) is 6.77. The highest BCUT2D eigenvalue weighted by Crippen LogP contribution is 2.26. The van der Waals surface area contributed by atoms with E-state index in [2.05, 4.69) is 5.32 Å². The molecule has 0 saturated heterocycles. The van der Waals surface area contributed by atoms with Crippen LogP contribution in [0, 0.1) is 15.2 Å². The molecule has 2 nitrogen and oxygen atoms in total. The first kappa shape index (κ1) is 14.1. The van der Waals surface area contributed by atoms with Crippen LogP contribution in [0.4, 0.5) is 20.2 Å². The van der Waals surface area contributed by atoms with Gasteiger partial charge in [-0.1, -0.05) is 12.2 Å². The molecule has 6 heteroatoms. The summed E-state index contributed by atoms with van der Waals surface area (Å²) in [4.78, 5) is 0.0964. The molecule has 2 rings (SSSR count). The molecule has 0 amide bonds. The third kappa shape index (κ3) is 3.38. The number of thiocarbonyl (C=S) groups is 1. The van der Waals surface area contributed by atoms with E-state index in [1.807, 2.05) is 22.6 Å². The van der Waals surface area contributed by atoms with Gasteiger partial charge >= 0.3 is 0 Å². The molecular formula is C13H9F2IN2S. The Kier molecular flexibility index (Phi) is 4.31. The lowest BCUT2D eigenvalue weighted by molar-refractivity contribution is 0.627. The molecule has 19 heavy (non-hydrogen) atoms. The van der Waals surface area contributed by atoms with Gasteiger partial charge < -0.3 is 11.1 Å². The maximum atomic E-state index is 13.2. The smallest absolute Gasteiger partial charge is 0.124 e. The van der Waals surface area contributed by atoms with Crippen LogP contribution in [-0.2, 0) is 0 Å². The maximum Gasteiger partial charge on any atom is 0.124 e. The van der Waals surface area contributed by atoms with Gasteiger partial charge in [-0.2, -0.15) is 0 Å². The van der Waals surface area contributed by atoms with Gasteiger partial charge in [0.1, 0.15) is 16.6 Å². The van der Waals surface area contributed by atoms with Crippen molar-refractivity contribution in [3.05, 3.63) is 57.2 Å². The van der Waals surface area contributed by atoms with Gasteiger partial charge in [-0.25, -0.2) is 8.78 Å². The van der Waals surface area contributed by atoms with Crippen LogP contribution in [0.3, 0.4) is 0 Å². The average Bonchev–Trinajstić information content (AvgIpc) is 2.34. The fourth-order valence-corrected chi connectivity index (χ4v) is 2.35. The zero-order chi connectivity index (χ0) is 14.0. The number of hydrogen-bond donors (Lipinski definition) is 2.